The Bertz CT molecular complexity index is 1390. The third-order valence-electron chi connectivity index (χ3n) is 6.35. The first-order valence-electron chi connectivity index (χ1n) is 11.2. The molecule has 4 rings (SSSR count). The van der Waals surface area contributed by atoms with Gasteiger partial charge in [0, 0.05) is 37.1 Å². The maximum atomic E-state index is 13.2. The molecule has 0 bridgehead atoms. The van der Waals surface area contributed by atoms with E-state index >= 15 is 0 Å². The number of nitrogens with two attached hydrogens (primary N) is 1. The summed E-state index contributed by atoms with van der Waals surface area (Å²) in [4.78, 5) is 21.4. The molecule has 0 aromatic carbocycles. The zero-order chi connectivity index (χ0) is 27.0. The molecule has 1 aliphatic carbocycles. The monoisotopic (exact) mass is 542 g/mol. The van der Waals surface area contributed by atoms with Gasteiger partial charge >= 0.3 is 16.5 Å². The summed E-state index contributed by atoms with van der Waals surface area (Å²) in [5, 5.41) is 18.6. The first-order valence-corrected chi connectivity index (χ1v) is 12.7. The second kappa shape index (κ2) is 10.3. The molecule has 1 saturated carbocycles. The van der Waals surface area contributed by atoms with Crippen LogP contribution in [0.2, 0.25) is 0 Å². The number of carbonyl (C=O) groups excluding carboxylic acids is 1. The number of aryl methyl sites for hydroxylation is 1. The fraction of sp³-hybridized carbons (Fsp3) is 0.455. The molecule has 0 unspecified atom stereocenters. The molecular weight excluding hydrogens is 517 g/mol. The number of hydrogen-bond acceptors (Lipinski definition) is 8. The van der Waals surface area contributed by atoms with Gasteiger partial charge in [0.15, 0.2) is 11.5 Å². The zero-order valence-electron chi connectivity index (χ0n) is 19.7. The summed E-state index contributed by atoms with van der Waals surface area (Å²) >= 11 is 0. The van der Waals surface area contributed by atoms with E-state index in [1.165, 1.54) is 25.8 Å². The van der Waals surface area contributed by atoms with Crippen LogP contribution in [0.3, 0.4) is 0 Å². The Hall–Kier alpha value is -3.14. The number of ketones is 1. The summed E-state index contributed by atoms with van der Waals surface area (Å²) in [7, 11) is -2.70. The van der Waals surface area contributed by atoms with Crippen molar-refractivity contribution in [3.05, 3.63) is 65.3 Å². The molecule has 0 radical (unpaired) electrons. The van der Waals surface area contributed by atoms with E-state index in [0.717, 1.165) is 10.7 Å². The number of nitrogens with zero attached hydrogens (tertiary/aromatic N) is 5. The second-order valence-electron chi connectivity index (χ2n) is 9.07. The van der Waals surface area contributed by atoms with Crippen LogP contribution in [0.25, 0.3) is 0 Å². The Morgan fingerprint density at radius 1 is 1.32 bits per heavy atom. The number of aliphatic hydroxyl groups excluding tert-OH is 1. The van der Waals surface area contributed by atoms with Crippen molar-refractivity contribution in [1.82, 2.24) is 24.3 Å². The van der Waals surface area contributed by atoms with Crippen molar-refractivity contribution in [2.24, 2.45) is 24.0 Å². The van der Waals surface area contributed by atoms with E-state index in [1.54, 1.807) is 16.8 Å². The third kappa shape index (κ3) is 6.60. The molecule has 1 fully saturated rings. The van der Waals surface area contributed by atoms with Gasteiger partial charge < -0.3 is 9.67 Å². The number of aliphatic hydroxyl groups is 1. The van der Waals surface area contributed by atoms with Crippen molar-refractivity contribution in [2.75, 3.05) is 6.61 Å². The summed E-state index contributed by atoms with van der Waals surface area (Å²) in [5.74, 6) is -0.867. The summed E-state index contributed by atoms with van der Waals surface area (Å²) in [6.07, 6.45) is 1.65. The van der Waals surface area contributed by atoms with Crippen molar-refractivity contribution in [3.63, 3.8) is 0 Å². The maximum absolute atomic E-state index is 13.2. The highest BCUT2D eigenvalue weighted by molar-refractivity contribution is 7.84. The predicted molar refractivity (Wildman–Crippen MR) is 122 cm³/mol. The van der Waals surface area contributed by atoms with Gasteiger partial charge in [-0.05, 0) is 37.3 Å². The Labute approximate surface area is 210 Å². The van der Waals surface area contributed by atoms with Crippen molar-refractivity contribution in [3.8, 4) is 0 Å². The fourth-order valence-electron chi connectivity index (χ4n) is 4.53. The molecule has 15 heteroatoms. The molecule has 11 nitrogen and oxygen atoms in total. The average molecular weight is 543 g/mol. The molecule has 3 atom stereocenters. The average Bonchev–Trinajstić information content (AvgIpc) is 3.51. The van der Waals surface area contributed by atoms with Crippen molar-refractivity contribution >= 4 is 16.1 Å². The Balaban J connectivity index is 1.45. The first-order chi connectivity index (χ1) is 17.3. The summed E-state index contributed by atoms with van der Waals surface area (Å²) in [6.45, 7) is -0.159. The lowest BCUT2D eigenvalue weighted by molar-refractivity contribution is -0.141. The summed E-state index contributed by atoms with van der Waals surface area (Å²) in [5.41, 5.74) is 0.361. The van der Waals surface area contributed by atoms with Crippen molar-refractivity contribution < 1.29 is 35.7 Å². The van der Waals surface area contributed by atoms with Crippen molar-refractivity contribution in [1.29, 1.82) is 0 Å². The van der Waals surface area contributed by atoms with Gasteiger partial charge in [0.25, 0.3) is 0 Å². The summed E-state index contributed by atoms with van der Waals surface area (Å²) < 4.78 is 68.3. The van der Waals surface area contributed by atoms with Crippen LogP contribution in [0.15, 0.2) is 37.1 Å². The highest BCUT2D eigenvalue weighted by Gasteiger charge is 2.35. The van der Waals surface area contributed by atoms with Crippen LogP contribution in [0.4, 0.5) is 13.2 Å². The van der Waals surface area contributed by atoms with E-state index in [9.17, 15) is 31.5 Å². The Morgan fingerprint density at radius 3 is 2.76 bits per heavy atom. The number of halogens is 3. The molecule has 3 aromatic heterocycles. The molecule has 3 heterocycles. The molecular formula is C22H25F3N6O5S. The smallest absolute Gasteiger partial charge is 0.393 e. The highest BCUT2D eigenvalue weighted by atomic mass is 32.2. The maximum Gasteiger partial charge on any atom is 0.435 e. The lowest BCUT2D eigenvalue weighted by Gasteiger charge is -2.13. The van der Waals surface area contributed by atoms with Crippen molar-refractivity contribution in [2.45, 2.75) is 38.1 Å². The molecule has 3 aromatic rings. The van der Waals surface area contributed by atoms with E-state index in [4.69, 9.17) is 5.14 Å². The quantitative estimate of drug-likeness (QED) is 0.385. The minimum atomic E-state index is -4.55. The van der Waals surface area contributed by atoms with Gasteiger partial charge in [0.1, 0.15) is 6.33 Å². The van der Waals surface area contributed by atoms with Gasteiger partial charge in [-0.3, -0.25) is 13.7 Å². The van der Waals surface area contributed by atoms with Gasteiger partial charge in [0.05, 0.1) is 36.2 Å². The van der Waals surface area contributed by atoms with E-state index in [0.29, 0.717) is 36.2 Å². The summed E-state index contributed by atoms with van der Waals surface area (Å²) in [6, 6.07) is 2.52. The number of hydrogen-bond donors (Lipinski definition) is 2. The fourth-order valence-corrected chi connectivity index (χ4v) is 4.90. The van der Waals surface area contributed by atoms with Gasteiger partial charge in [-0.15, -0.1) is 0 Å². The number of alkyl halides is 3. The molecule has 200 valence electrons. The molecule has 37 heavy (non-hydrogen) atoms. The minimum absolute atomic E-state index is 0.0763. The molecule has 1 aliphatic rings. The van der Waals surface area contributed by atoms with Crippen LogP contribution in [-0.4, -0.2) is 56.3 Å². The third-order valence-corrected chi connectivity index (χ3v) is 6.81. The van der Waals surface area contributed by atoms with E-state index in [2.05, 4.69) is 19.2 Å². The predicted octanol–water partition coefficient (Wildman–Crippen LogP) is 1.46. The van der Waals surface area contributed by atoms with Crippen LogP contribution in [0.5, 0.6) is 0 Å². The first kappa shape index (κ1) is 26.9. The van der Waals surface area contributed by atoms with Gasteiger partial charge in [-0.1, -0.05) is 0 Å². The van der Waals surface area contributed by atoms with E-state index < -0.39 is 34.2 Å². The van der Waals surface area contributed by atoms with Gasteiger partial charge in [-0.25, -0.2) is 15.1 Å². The van der Waals surface area contributed by atoms with E-state index in [-0.39, 0.29) is 30.4 Å². The zero-order valence-corrected chi connectivity index (χ0v) is 20.5. The Morgan fingerprint density at radius 2 is 2.08 bits per heavy atom. The van der Waals surface area contributed by atoms with Crippen LogP contribution in [0.1, 0.15) is 45.8 Å². The molecule has 0 amide bonds. The highest BCUT2D eigenvalue weighted by Crippen LogP contribution is 2.34. The number of carbonyl (C=O) groups is 1. The Kier molecular flexibility index (Phi) is 7.50. The largest absolute Gasteiger partial charge is 0.435 e. The topological polar surface area (TPSA) is 155 Å². The van der Waals surface area contributed by atoms with Gasteiger partial charge in [-0.2, -0.15) is 26.7 Å². The normalized spacial score (nSPS) is 20.4. The van der Waals surface area contributed by atoms with Crippen LogP contribution < -0.4 is 5.14 Å². The van der Waals surface area contributed by atoms with Crippen LogP contribution in [-0.2, 0) is 40.7 Å². The minimum Gasteiger partial charge on any atom is -0.393 e. The number of aromatic nitrogens is 5. The molecule has 0 saturated heterocycles. The number of rotatable bonds is 9. The van der Waals surface area contributed by atoms with Crippen LogP contribution in [0, 0.1) is 11.8 Å². The van der Waals surface area contributed by atoms with E-state index in [1.807, 2.05) is 0 Å². The standard InChI is InChI=1S/C22H25F3N6O5S/c1-30-16(7-20(29-30)22(23,24)25)10-31-3-2-14(9-31)21(33)17-8-27-12-28-18(17)5-13-4-15(19(32)6-13)11-36-37(26,34)35/h2-3,7-9,12-13,15,19,32H,4-6,10-11H2,1H3,(H2,26,34,35)/t13-,15+,19-/m0/s1. The lowest BCUT2D eigenvalue weighted by atomic mass is 9.95. The second-order valence-corrected chi connectivity index (χ2v) is 10.3. The lowest BCUT2D eigenvalue weighted by Crippen LogP contribution is -2.24. The molecule has 0 aliphatic heterocycles. The molecule has 0 spiro atoms. The SMILES string of the molecule is Cn1nc(C(F)(F)F)cc1Cn1ccc(C(=O)c2cncnc2C[C@@H]2C[C@H](COS(N)(=O)=O)[C@@H](O)C2)c1. The molecule has 3 N–H and O–H groups in total. The van der Waals surface area contributed by atoms with Gasteiger partial charge in [0.2, 0.25) is 0 Å². The van der Waals surface area contributed by atoms with Crippen LogP contribution >= 0.6 is 0 Å².